The first kappa shape index (κ1) is 18.5. The second kappa shape index (κ2) is 7.65. The van der Waals surface area contributed by atoms with Crippen LogP contribution in [0.25, 0.3) is 0 Å². The Labute approximate surface area is 161 Å². The lowest BCUT2D eigenvalue weighted by Crippen LogP contribution is -2.47. The summed E-state index contributed by atoms with van der Waals surface area (Å²) in [5, 5.41) is 2.47. The van der Waals surface area contributed by atoms with Crippen molar-refractivity contribution in [1.29, 1.82) is 0 Å². The molecule has 1 aromatic carbocycles. The molecule has 146 valence electrons. The Morgan fingerprint density at radius 1 is 1.11 bits per heavy atom. The fourth-order valence-corrected chi connectivity index (χ4v) is 3.46. The first-order valence-electron chi connectivity index (χ1n) is 9.15. The molecule has 2 amide bonds. The van der Waals surface area contributed by atoms with Crippen molar-refractivity contribution in [2.45, 2.75) is 18.6 Å². The minimum Gasteiger partial charge on any atom is -0.347 e. The molecular weight excluding hydrogens is 365 g/mol. The molecule has 1 aromatic heterocycles. The van der Waals surface area contributed by atoms with Gasteiger partial charge in [0, 0.05) is 37.7 Å². The number of carbonyl (C=O) groups excluding carboxylic acids is 2. The summed E-state index contributed by atoms with van der Waals surface area (Å²) in [7, 11) is 0. The number of pyridine rings is 1. The fourth-order valence-electron chi connectivity index (χ4n) is 3.46. The average Bonchev–Trinajstić information content (AvgIpc) is 3.18. The summed E-state index contributed by atoms with van der Waals surface area (Å²) in [6.07, 6.45) is 2.63. The maximum absolute atomic E-state index is 13.7. The molecule has 2 saturated heterocycles. The summed E-state index contributed by atoms with van der Waals surface area (Å²) in [4.78, 5) is 30.9. The minimum absolute atomic E-state index is 0.0463. The maximum Gasteiger partial charge on any atom is 0.274 e. The Hall–Kier alpha value is -2.84. The van der Waals surface area contributed by atoms with Gasteiger partial charge in [0.15, 0.2) is 5.79 Å². The normalized spacial score (nSPS) is 18.2. The second-order valence-corrected chi connectivity index (χ2v) is 6.76. The topological polar surface area (TPSA) is 80.8 Å². The van der Waals surface area contributed by atoms with Crippen molar-refractivity contribution in [1.82, 2.24) is 9.88 Å². The molecule has 0 aliphatic carbocycles. The zero-order chi connectivity index (χ0) is 19.6. The van der Waals surface area contributed by atoms with Gasteiger partial charge in [0.2, 0.25) is 0 Å². The Kier molecular flexibility index (Phi) is 5.06. The van der Waals surface area contributed by atoms with E-state index in [1.165, 1.54) is 30.5 Å². The molecule has 2 aromatic rings. The first-order valence-corrected chi connectivity index (χ1v) is 9.15. The number of hydrogen-bond donors (Lipinski definition) is 1. The predicted octanol–water partition coefficient (Wildman–Crippen LogP) is 2.45. The van der Waals surface area contributed by atoms with Crippen LogP contribution < -0.4 is 5.32 Å². The van der Waals surface area contributed by atoms with E-state index in [2.05, 4.69) is 10.3 Å². The van der Waals surface area contributed by atoms with Crippen LogP contribution in [0.2, 0.25) is 0 Å². The number of nitrogens with one attached hydrogen (secondary N) is 1. The summed E-state index contributed by atoms with van der Waals surface area (Å²) in [6.45, 7) is 2.19. The van der Waals surface area contributed by atoms with Gasteiger partial charge in [-0.2, -0.15) is 0 Å². The zero-order valence-electron chi connectivity index (χ0n) is 15.2. The first-order chi connectivity index (χ1) is 13.6. The largest absolute Gasteiger partial charge is 0.347 e. The highest BCUT2D eigenvalue weighted by atomic mass is 19.1. The molecule has 0 radical (unpaired) electrons. The fraction of sp³-hybridized carbons (Fsp3) is 0.350. The number of piperidine rings is 1. The average molecular weight is 385 g/mol. The summed E-state index contributed by atoms with van der Waals surface area (Å²) >= 11 is 0. The molecule has 2 aliphatic heterocycles. The maximum atomic E-state index is 13.7. The molecule has 0 atom stereocenters. The number of rotatable bonds is 3. The van der Waals surface area contributed by atoms with Crippen molar-refractivity contribution < 1.29 is 23.5 Å². The van der Waals surface area contributed by atoms with E-state index >= 15 is 0 Å². The van der Waals surface area contributed by atoms with Crippen molar-refractivity contribution in [3.8, 4) is 0 Å². The van der Waals surface area contributed by atoms with E-state index < -0.39 is 17.5 Å². The van der Waals surface area contributed by atoms with Crippen LogP contribution in [0.15, 0.2) is 42.6 Å². The summed E-state index contributed by atoms with van der Waals surface area (Å²) < 4.78 is 25.1. The quantitative estimate of drug-likeness (QED) is 0.878. The zero-order valence-corrected chi connectivity index (χ0v) is 15.2. The van der Waals surface area contributed by atoms with Gasteiger partial charge in [-0.3, -0.25) is 14.6 Å². The predicted molar refractivity (Wildman–Crippen MR) is 98.4 cm³/mol. The molecule has 2 aliphatic rings. The number of benzene rings is 1. The van der Waals surface area contributed by atoms with Crippen LogP contribution in [-0.4, -0.2) is 53.8 Å². The van der Waals surface area contributed by atoms with Gasteiger partial charge < -0.3 is 19.7 Å². The number of likely N-dealkylation sites (tertiary alicyclic amines) is 1. The number of aromatic nitrogens is 1. The molecule has 4 rings (SSSR count). The Morgan fingerprint density at radius 3 is 2.54 bits per heavy atom. The smallest absolute Gasteiger partial charge is 0.274 e. The van der Waals surface area contributed by atoms with Gasteiger partial charge in [-0.15, -0.1) is 0 Å². The number of hydrogen-bond acceptors (Lipinski definition) is 5. The lowest BCUT2D eigenvalue weighted by Gasteiger charge is -2.37. The minimum atomic E-state index is -0.579. The monoisotopic (exact) mass is 385 g/mol. The van der Waals surface area contributed by atoms with Crippen LogP contribution in [0.1, 0.15) is 33.7 Å². The summed E-state index contributed by atoms with van der Waals surface area (Å²) in [5.41, 5.74) is 0.465. The van der Waals surface area contributed by atoms with Crippen LogP contribution in [0.5, 0.6) is 0 Å². The molecule has 3 heterocycles. The number of para-hydroxylation sites is 1. The standard InChI is InChI=1S/C20H20FN3O4/c21-15-3-1-2-4-16(15)23-18(25)17-13-14(5-8-22-17)19(26)24-9-6-20(7-10-24)27-11-12-28-20/h1-5,8,13H,6-7,9-12H2,(H,23,25). The van der Waals surface area contributed by atoms with E-state index in [-0.39, 0.29) is 17.3 Å². The van der Waals surface area contributed by atoms with Crippen molar-refractivity contribution in [3.63, 3.8) is 0 Å². The molecule has 7 nitrogen and oxygen atoms in total. The highest BCUT2D eigenvalue weighted by molar-refractivity contribution is 6.04. The van der Waals surface area contributed by atoms with E-state index in [0.29, 0.717) is 44.7 Å². The van der Waals surface area contributed by atoms with Crippen molar-refractivity contribution >= 4 is 17.5 Å². The Balaban J connectivity index is 1.44. The van der Waals surface area contributed by atoms with Crippen LogP contribution >= 0.6 is 0 Å². The molecule has 1 spiro atoms. The van der Waals surface area contributed by atoms with Crippen LogP contribution in [0.3, 0.4) is 0 Å². The van der Waals surface area contributed by atoms with Gasteiger partial charge >= 0.3 is 0 Å². The second-order valence-electron chi connectivity index (χ2n) is 6.76. The van der Waals surface area contributed by atoms with E-state index in [9.17, 15) is 14.0 Å². The Bertz CT molecular complexity index is 889. The van der Waals surface area contributed by atoms with E-state index in [1.54, 1.807) is 17.0 Å². The van der Waals surface area contributed by atoms with Gasteiger partial charge in [-0.1, -0.05) is 12.1 Å². The number of anilines is 1. The van der Waals surface area contributed by atoms with E-state index in [0.717, 1.165) is 0 Å². The van der Waals surface area contributed by atoms with Gasteiger partial charge in [-0.25, -0.2) is 4.39 Å². The number of nitrogens with zero attached hydrogens (tertiary/aromatic N) is 2. The molecular formula is C20H20FN3O4. The van der Waals surface area contributed by atoms with Crippen molar-refractivity contribution in [3.05, 3.63) is 59.7 Å². The lowest BCUT2D eigenvalue weighted by molar-refractivity contribution is -0.181. The van der Waals surface area contributed by atoms with E-state index in [4.69, 9.17) is 9.47 Å². The van der Waals surface area contributed by atoms with Gasteiger partial charge in [0.05, 0.1) is 18.9 Å². The molecule has 0 unspecified atom stereocenters. The number of halogens is 1. The number of carbonyl (C=O) groups is 2. The molecule has 28 heavy (non-hydrogen) atoms. The van der Waals surface area contributed by atoms with Gasteiger partial charge in [-0.05, 0) is 24.3 Å². The third-order valence-electron chi connectivity index (χ3n) is 4.99. The number of ether oxygens (including phenoxy) is 2. The van der Waals surface area contributed by atoms with Gasteiger partial charge in [0.25, 0.3) is 11.8 Å². The highest BCUT2D eigenvalue weighted by Crippen LogP contribution is 2.31. The lowest BCUT2D eigenvalue weighted by atomic mass is 10.0. The van der Waals surface area contributed by atoms with Crippen LogP contribution in [0.4, 0.5) is 10.1 Å². The molecule has 0 saturated carbocycles. The highest BCUT2D eigenvalue weighted by Gasteiger charge is 2.40. The van der Waals surface area contributed by atoms with Crippen molar-refractivity contribution in [2.75, 3.05) is 31.6 Å². The van der Waals surface area contributed by atoms with E-state index in [1.807, 2.05) is 0 Å². The third-order valence-corrected chi connectivity index (χ3v) is 4.99. The summed E-state index contributed by atoms with van der Waals surface area (Å²) in [5.74, 6) is -1.86. The van der Waals surface area contributed by atoms with Crippen molar-refractivity contribution in [2.24, 2.45) is 0 Å². The SMILES string of the molecule is O=C(Nc1ccccc1F)c1cc(C(=O)N2CCC3(CC2)OCCO3)ccn1. The van der Waals surface area contributed by atoms with Crippen LogP contribution in [-0.2, 0) is 9.47 Å². The molecule has 2 fully saturated rings. The molecule has 0 bridgehead atoms. The van der Waals surface area contributed by atoms with Crippen LogP contribution in [0, 0.1) is 5.82 Å². The third kappa shape index (κ3) is 3.74. The molecule has 8 heteroatoms. The Morgan fingerprint density at radius 2 is 1.82 bits per heavy atom. The summed E-state index contributed by atoms with van der Waals surface area (Å²) in [6, 6.07) is 8.85. The number of amides is 2. The molecule has 1 N–H and O–H groups in total. The van der Waals surface area contributed by atoms with Gasteiger partial charge in [0.1, 0.15) is 11.5 Å².